The van der Waals surface area contributed by atoms with Gasteiger partial charge >= 0.3 is 6.18 Å². The molecule has 7 heteroatoms. The van der Waals surface area contributed by atoms with E-state index in [0.29, 0.717) is 39.1 Å². The summed E-state index contributed by atoms with van der Waals surface area (Å²) in [6.07, 6.45) is -2.64. The Morgan fingerprint density at radius 2 is 1.73 bits per heavy atom. The lowest BCUT2D eigenvalue weighted by Crippen LogP contribution is -2.52. The molecule has 1 saturated heterocycles. The molecule has 0 aromatic heterocycles. The van der Waals surface area contributed by atoms with Crippen LogP contribution in [0.25, 0.3) is 0 Å². The fourth-order valence-corrected chi connectivity index (χ4v) is 3.29. The van der Waals surface area contributed by atoms with Crippen molar-refractivity contribution in [3.05, 3.63) is 0 Å². The molecule has 2 aliphatic rings. The van der Waals surface area contributed by atoms with E-state index in [9.17, 15) is 18.3 Å². The van der Waals surface area contributed by atoms with Gasteiger partial charge < -0.3 is 15.2 Å². The van der Waals surface area contributed by atoms with Crippen molar-refractivity contribution in [2.24, 2.45) is 5.92 Å². The van der Waals surface area contributed by atoms with E-state index in [1.165, 1.54) is 0 Å². The van der Waals surface area contributed by atoms with E-state index in [0.717, 1.165) is 13.1 Å². The normalized spacial score (nSPS) is 31.0. The maximum Gasteiger partial charge on any atom is 0.391 e. The van der Waals surface area contributed by atoms with Crippen molar-refractivity contribution in [1.29, 1.82) is 0 Å². The average molecular weight is 324 g/mol. The predicted molar refractivity (Wildman–Crippen MR) is 77.7 cm³/mol. The minimum atomic E-state index is -4.06. The predicted octanol–water partition coefficient (Wildman–Crippen LogP) is 1.78. The monoisotopic (exact) mass is 324 g/mol. The Morgan fingerprint density at radius 1 is 1.14 bits per heavy atom. The second-order valence-electron chi connectivity index (χ2n) is 6.86. The lowest BCUT2D eigenvalue weighted by Gasteiger charge is -2.36. The molecule has 1 unspecified atom stereocenters. The molecule has 0 radical (unpaired) electrons. The van der Waals surface area contributed by atoms with Crippen LogP contribution in [0.1, 0.15) is 32.6 Å². The van der Waals surface area contributed by atoms with Crippen molar-refractivity contribution < 1.29 is 23.0 Å². The summed E-state index contributed by atoms with van der Waals surface area (Å²) >= 11 is 0. The average Bonchev–Trinajstić information content (AvgIpc) is 2.45. The summed E-state index contributed by atoms with van der Waals surface area (Å²) in [4.78, 5) is 2.16. The van der Waals surface area contributed by atoms with Crippen LogP contribution in [0.15, 0.2) is 0 Å². The number of hydrogen-bond acceptors (Lipinski definition) is 4. The molecule has 2 N–H and O–H groups in total. The van der Waals surface area contributed by atoms with Gasteiger partial charge in [0, 0.05) is 32.2 Å². The molecule has 1 heterocycles. The summed E-state index contributed by atoms with van der Waals surface area (Å²) in [5.41, 5.74) is -0.877. The van der Waals surface area contributed by atoms with Gasteiger partial charge in [0.05, 0.1) is 24.7 Å². The highest BCUT2D eigenvalue weighted by Gasteiger charge is 2.41. The number of nitrogens with zero attached hydrogens (tertiary/aromatic N) is 1. The molecule has 1 atom stereocenters. The van der Waals surface area contributed by atoms with Gasteiger partial charge in [-0.05, 0) is 32.6 Å². The van der Waals surface area contributed by atoms with Crippen LogP contribution in [0, 0.1) is 5.92 Å². The molecule has 130 valence electrons. The number of rotatable bonds is 5. The summed E-state index contributed by atoms with van der Waals surface area (Å²) in [5.74, 6) is -1.15. The molecule has 22 heavy (non-hydrogen) atoms. The molecule has 2 rings (SSSR count). The zero-order valence-electron chi connectivity index (χ0n) is 13.2. The van der Waals surface area contributed by atoms with E-state index in [4.69, 9.17) is 4.74 Å². The Labute approximate surface area is 130 Å². The number of β-amino-alcohol motifs (C(OH)–C–C–N with tert-alkyl or cyclic N) is 1. The number of aliphatic hydroxyl groups is 1. The van der Waals surface area contributed by atoms with Gasteiger partial charge in [0.1, 0.15) is 0 Å². The maximum atomic E-state index is 12.6. The van der Waals surface area contributed by atoms with E-state index in [1.807, 2.05) is 0 Å². The number of morpholine rings is 1. The smallest absolute Gasteiger partial charge is 0.388 e. The van der Waals surface area contributed by atoms with Crippen LogP contribution in [-0.4, -0.2) is 67.2 Å². The summed E-state index contributed by atoms with van der Waals surface area (Å²) < 4.78 is 43.2. The first-order valence-corrected chi connectivity index (χ1v) is 8.09. The third-order valence-electron chi connectivity index (χ3n) is 4.63. The fraction of sp³-hybridized carbons (Fsp3) is 1.00. The van der Waals surface area contributed by atoms with Gasteiger partial charge in [-0.15, -0.1) is 0 Å². The molecule has 4 nitrogen and oxygen atoms in total. The molecule has 0 aromatic rings. The van der Waals surface area contributed by atoms with Crippen molar-refractivity contribution in [3.63, 3.8) is 0 Å². The van der Waals surface area contributed by atoms with E-state index in [2.05, 4.69) is 10.2 Å². The molecular weight excluding hydrogens is 297 g/mol. The van der Waals surface area contributed by atoms with Crippen molar-refractivity contribution >= 4 is 0 Å². The summed E-state index contributed by atoms with van der Waals surface area (Å²) in [6.45, 7) is 5.74. The Bertz CT molecular complexity index is 336. The van der Waals surface area contributed by atoms with Crippen molar-refractivity contribution in [3.8, 4) is 0 Å². The molecule has 0 spiro atoms. The SMILES string of the molecule is CC(O)(CNC1CCC(C(F)(F)F)CC1)CN1CCOCC1. The highest BCUT2D eigenvalue weighted by atomic mass is 19.4. The van der Waals surface area contributed by atoms with Crippen LogP contribution < -0.4 is 5.32 Å². The van der Waals surface area contributed by atoms with Crippen molar-refractivity contribution in [2.45, 2.75) is 50.4 Å². The van der Waals surface area contributed by atoms with Crippen LogP contribution in [0.3, 0.4) is 0 Å². The second-order valence-corrected chi connectivity index (χ2v) is 6.86. The minimum absolute atomic E-state index is 0.0785. The van der Waals surface area contributed by atoms with Crippen LogP contribution >= 0.6 is 0 Å². The minimum Gasteiger partial charge on any atom is -0.388 e. The van der Waals surface area contributed by atoms with Gasteiger partial charge in [-0.1, -0.05) is 0 Å². The topological polar surface area (TPSA) is 44.7 Å². The van der Waals surface area contributed by atoms with Crippen molar-refractivity contribution in [1.82, 2.24) is 10.2 Å². The van der Waals surface area contributed by atoms with E-state index >= 15 is 0 Å². The zero-order chi connectivity index (χ0) is 16.2. The molecule has 1 aliphatic carbocycles. The van der Waals surface area contributed by atoms with Crippen LogP contribution in [-0.2, 0) is 4.74 Å². The molecule has 0 amide bonds. The first kappa shape index (κ1) is 18.0. The van der Waals surface area contributed by atoms with Gasteiger partial charge in [-0.25, -0.2) is 0 Å². The van der Waals surface area contributed by atoms with E-state index in [-0.39, 0.29) is 18.9 Å². The van der Waals surface area contributed by atoms with Crippen molar-refractivity contribution in [2.75, 3.05) is 39.4 Å². The second kappa shape index (κ2) is 7.47. The van der Waals surface area contributed by atoms with Crippen LogP contribution in [0.2, 0.25) is 0 Å². The summed E-state index contributed by atoms with van der Waals surface area (Å²) in [6, 6.07) is 0.0785. The summed E-state index contributed by atoms with van der Waals surface area (Å²) in [7, 11) is 0. The lowest BCUT2D eigenvalue weighted by atomic mass is 9.85. The summed E-state index contributed by atoms with van der Waals surface area (Å²) in [5, 5.41) is 13.7. The molecule has 1 saturated carbocycles. The number of ether oxygens (including phenoxy) is 1. The van der Waals surface area contributed by atoms with Gasteiger partial charge in [0.2, 0.25) is 0 Å². The largest absolute Gasteiger partial charge is 0.391 e. The van der Waals surface area contributed by atoms with Gasteiger partial charge in [-0.2, -0.15) is 13.2 Å². The van der Waals surface area contributed by atoms with E-state index < -0.39 is 17.7 Å². The molecule has 1 aliphatic heterocycles. The highest BCUT2D eigenvalue weighted by molar-refractivity contribution is 4.86. The molecule has 2 fully saturated rings. The molecule has 0 bridgehead atoms. The first-order chi connectivity index (χ1) is 10.3. The third-order valence-corrected chi connectivity index (χ3v) is 4.63. The Hall–Kier alpha value is -0.370. The lowest BCUT2D eigenvalue weighted by molar-refractivity contribution is -0.182. The Kier molecular flexibility index (Phi) is 6.10. The number of nitrogens with one attached hydrogen (secondary N) is 1. The maximum absolute atomic E-state index is 12.6. The number of alkyl halides is 3. The van der Waals surface area contributed by atoms with E-state index in [1.54, 1.807) is 6.92 Å². The molecule has 0 aromatic carbocycles. The van der Waals surface area contributed by atoms with Gasteiger partial charge in [0.25, 0.3) is 0 Å². The number of hydrogen-bond donors (Lipinski definition) is 2. The Morgan fingerprint density at radius 3 is 2.27 bits per heavy atom. The highest BCUT2D eigenvalue weighted by Crippen LogP contribution is 2.37. The molecular formula is C15H27F3N2O2. The fourth-order valence-electron chi connectivity index (χ4n) is 3.29. The van der Waals surface area contributed by atoms with Crippen LogP contribution in [0.4, 0.5) is 13.2 Å². The van der Waals surface area contributed by atoms with Crippen LogP contribution in [0.5, 0.6) is 0 Å². The first-order valence-electron chi connectivity index (χ1n) is 8.09. The standard InChI is InChI=1S/C15H27F3N2O2/c1-14(21,11-20-6-8-22-9-7-20)10-19-13-4-2-12(3-5-13)15(16,17)18/h12-13,19,21H,2-11H2,1H3. The van der Waals surface area contributed by atoms with Gasteiger partial charge in [0.15, 0.2) is 0 Å². The quantitative estimate of drug-likeness (QED) is 0.809. The Balaban J connectivity index is 1.69. The van der Waals surface area contributed by atoms with Gasteiger partial charge in [-0.3, -0.25) is 4.90 Å². The zero-order valence-corrected chi connectivity index (χ0v) is 13.2. The number of halogens is 3. The third kappa shape index (κ3) is 5.68.